The number of hydrogen-bond donors (Lipinski definition) is 2. The van der Waals surface area contributed by atoms with Crippen molar-refractivity contribution >= 4 is 23.7 Å². The van der Waals surface area contributed by atoms with Crippen LogP contribution in [0.2, 0.25) is 0 Å². The van der Waals surface area contributed by atoms with Gasteiger partial charge >= 0.3 is 11.8 Å². The van der Waals surface area contributed by atoms with Crippen LogP contribution < -0.4 is 15.5 Å². The van der Waals surface area contributed by atoms with Crippen molar-refractivity contribution in [2.75, 3.05) is 11.9 Å². The van der Waals surface area contributed by atoms with Crippen molar-refractivity contribution in [3.63, 3.8) is 0 Å². The Hall–Kier alpha value is -3.15. The number of anilines is 1. The van der Waals surface area contributed by atoms with Crippen LogP contribution >= 0.6 is 0 Å². The molecule has 0 atom stereocenters. The van der Waals surface area contributed by atoms with Gasteiger partial charge in [-0.15, -0.1) is 0 Å². The van der Waals surface area contributed by atoms with Gasteiger partial charge in [-0.1, -0.05) is 6.07 Å². The highest BCUT2D eigenvalue weighted by Gasteiger charge is 2.13. The van der Waals surface area contributed by atoms with Gasteiger partial charge in [0.15, 0.2) is 0 Å². The van der Waals surface area contributed by atoms with E-state index in [2.05, 4.69) is 15.8 Å². The van der Waals surface area contributed by atoms with Crippen molar-refractivity contribution in [3.05, 3.63) is 59.2 Å². The average Bonchev–Trinajstić information content (AvgIpc) is 2.60. The molecule has 2 rings (SSSR count). The number of hydrogen-bond acceptors (Lipinski definition) is 4. The molecule has 6 nitrogen and oxygen atoms in total. The zero-order chi connectivity index (χ0) is 18.2. The van der Waals surface area contributed by atoms with Crippen LogP contribution in [0.5, 0.6) is 5.75 Å². The molecule has 0 aromatic heterocycles. The third kappa shape index (κ3) is 5.46. The zero-order valence-corrected chi connectivity index (χ0v) is 14.5. The molecule has 0 aliphatic heterocycles. The molecule has 130 valence electrons. The minimum absolute atomic E-state index is 0.568. The number of ether oxygens (including phenoxy) is 1. The Morgan fingerprint density at radius 3 is 2.40 bits per heavy atom. The molecular weight excluding hydrogens is 318 g/mol. The van der Waals surface area contributed by atoms with Crippen LogP contribution in [0.15, 0.2) is 47.6 Å². The van der Waals surface area contributed by atoms with Crippen molar-refractivity contribution in [1.82, 2.24) is 5.43 Å². The van der Waals surface area contributed by atoms with Crippen molar-refractivity contribution < 1.29 is 14.3 Å². The van der Waals surface area contributed by atoms with Crippen LogP contribution in [-0.2, 0) is 9.59 Å². The minimum Gasteiger partial charge on any atom is -0.494 e. The number of aryl methyl sites for hydroxylation is 2. The van der Waals surface area contributed by atoms with Gasteiger partial charge in [-0.3, -0.25) is 9.59 Å². The summed E-state index contributed by atoms with van der Waals surface area (Å²) in [5, 5.41) is 6.32. The molecule has 2 aromatic rings. The highest BCUT2D eigenvalue weighted by molar-refractivity contribution is 6.39. The molecular formula is C19H21N3O3. The van der Waals surface area contributed by atoms with Gasteiger partial charge < -0.3 is 10.1 Å². The monoisotopic (exact) mass is 339 g/mol. The number of amides is 2. The summed E-state index contributed by atoms with van der Waals surface area (Å²) in [4.78, 5) is 23.6. The predicted molar refractivity (Wildman–Crippen MR) is 97.9 cm³/mol. The second-order valence-corrected chi connectivity index (χ2v) is 5.45. The van der Waals surface area contributed by atoms with E-state index in [0.29, 0.717) is 12.3 Å². The molecule has 25 heavy (non-hydrogen) atoms. The molecule has 0 saturated carbocycles. The summed E-state index contributed by atoms with van der Waals surface area (Å²) < 4.78 is 5.34. The number of nitrogens with zero attached hydrogens (tertiary/aromatic N) is 1. The van der Waals surface area contributed by atoms with Crippen LogP contribution in [0.25, 0.3) is 0 Å². The Morgan fingerprint density at radius 2 is 1.76 bits per heavy atom. The summed E-state index contributed by atoms with van der Waals surface area (Å²) in [6, 6.07) is 12.6. The molecule has 0 bridgehead atoms. The quantitative estimate of drug-likeness (QED) is 0.499. The van der Waals surface area contributed by atoms with E-state index in [1.54, 1.807) is 30.3 Å². The Kier molecular flexibility index (Phi) is 6.28. The first-order valence-electron chi connectivity index (χ1n) is 7.94. The smallest absolute Gasteiger partial charge is 0.329 e. The molecule has 0 unspecified atom stereocenters. The highest BCUT2D eigenvalue weighted by Crippen LogP contribution is 2.14. The number of rotatable bonds is 5. The van der Waals surface area contributed by atoms with Crippen molar-refractivity contribution in [2.24, 2.45) is 5.10 Å². The standard InChI is InChI=1S/C19H21N3O3/c1-4-25-17-9-6-15(7-10-17)12-20-22-19(24)18(23)21-16-8-5-13(2)14(3)11-16/h5-12H,4H2,1-3H3,(H,21,23)(H,22,24)/b20-12-. The number of hydrazone groups is 1. The number of nitrogens with one attached hydrogen (secondary N) is 2. The lowest BCUT2D eigenvalue weighted by molar-refractivity contribution is -0.136. The SMILES string of the molecule is CCOc1ccc(/C=N\NC(=O)C(=O)Nc2ccc(C)c(C)c2)cc1. The summed E-state index contributed by atoms with van der Waals surface area (Å²) in [5.41, 5.74) is 5.70. The lowest BCUT2D eigenvalue weighted by Gasteiger charge is -2.06. The second-order valence-electron chi connectivity index (χ2n) is 5.45. The Balaban J connectivity index is 1.88. The average molecular weight is 339 g/mol. The van der Waals surface area contributed by atoms with Gasteiger partial charge in [-0.2, -0.15) is 5.10 Å². The van der Waals surface area contributed by atoms with E-state index in [1.807, 2.05) is 32.9 Å². The van der Waals surface area contributed by atoms with E-state index in [1.165, 1.54) is 6.21 Å². The summed E-state index contributed by atoms with van der Waals surface area (Å²) >= 11 is 0. The Morgan fingerprint density at radius 1 is 1.04 bits per heavy atom. The van der Waals surface area contributed by atoms with Gasteiger partial charge in [-0.25, -0.2) is 5.43 Å². The molecule has 2 amide bonds. The van der Waals surface area contributed by atoms with Gasteiger partial charge in [0, 0.05) is 5.69 Å². The summed E-state index contributed by atoms with van der Waals surface area (Å²) in [6.45, 7) is 6.42. The maximum Gasteiger partial charge on any atom is 0.329 e. The van der Waals surface area contributed by atoms with Crippen molar-refractivity contribution in [3.8, 4) is 5.75 Å². The molecule has 2 N–H and O–H groups in total. The van der Waals surface area contributed by atoms with E-state index >= 15 is 0 Å². The van der Waals surface area contributed by atoms with Crippen molar-refractivity contribution in [1.29, 1.82) is 0 Å². The van der Waals surface area contributed by atoms with Gasteiger partial charge in [0.1, 0.15) is 5.75 Å². The third-order valence-electron chi connectivity index (χ3n) is 3.54. The molecule has 0 aliphatic rings. The maximum atomic E-state index is 11.9. The van der Waals surface area contributed by atoms with Gasteiger partial charge in [-0.05, 0) is 73.9 Å². The molecule has 6 heteroatoms. The molecule has 0 fully saturated rings. The van der Waals surface area contributed by atoms with E-state index in [0.717, 1.165) is 22.4 Å². The first-order chi connectivity index (χ1) is 12.0. The first-order valence-corrected chi connectivity index (χ1v) is 7.94. The van der Waals surface area contributed by atoms with Crippen LogP contribution in [0, 0.1) is 13.8 Å². The first kappa shape index (κ1) is 18.2. The third-order valence-corrected chi connectivity index (χ3v) is 3.54. The number of carbonyl (C=O) groups is 2. The molecule has 2 aromatic carbocycles. The molecule has 0 heterocycles. The lowest BCUT2D eigenvalue weighted by Crippen LogP contribution is -2.32. The summed E-state index contributed by atoms with van der Waals surface area (Å²) in [6.07, 6.45) is 1.46. The maximum absolute atomic E-state index is 11.9. The fraction of sp³-hybridized carbons (Fsp3) is 0.211. The molecule has 0 aliphatic carbocycles. The summed E-state index contributed by atoms with van der Waals surface area (Å²) in [5.74, 6) is -0.844. The van der Waals surface area contributed by atoms with E-state index < -0.39 is 11.8 Å². The molecule has 0 radical (unpaired) electrons. The van der Waals surface area contributed by atoms with E-state index in [4.69, 9.17) is 4.74 Å². The Labute approximate surface area is 146 Å². The molecule has 0 spiro atoms. The fourth-order valence-electron chi connectivity index (χ4n) is 2.04. The van der Waals surface area contributed by atoms with Crippen LogP contribution in [0.1, 0.15) is 23.6 Å². The Bertz CT molecular complexity index is 783. The highest BCUT2D eigenvalue weighted by atomic mass is 16.5. The van der Waals surface area contributed by atoms with E-state index in [-0.39, 0.29) is 0 Å². The summed E-state index contributed by atoms with van der Waals surface area (Å²) in [7, 11) is 0. The largest absolute Gasteiger partial charge is 0.494 e. The fourth-order valence-corrected chi connectivity index (χ4v) is 2.04. The lowest BCUT2D eigenvalue weighted by atomic mass is 10.1. The molecule has 0 saturated heterocycles. The topological polar surface area (TPSA) is 79.8 Å². The predicted octanol–water partition coefficient (Wildman–Crippen LogP) is 2.79. The zero-order valence-electron chi connectivity index (χ0n) is 14.5. The van der Waals surface area contributed by atoms with Gasteiger partial charge in [0.2, 0.25) is 0 Å². The number of carbonyl (C=O) groups excluding carboxylic acids is 2. The van der Waals surface area contributed by atoms with E-state index in [9.17, 15) is 9.59 Å². The van der Waals surface area contributed by atoms with Crippen molar-refractivity contribution in [2.45, 2.75) is 20.8 Å². The normalized spacial score (nSPS) is 10.5. The van der Waals surface area contributed by atoms with Crippen LogP contribution in [0.3, 0.4) is 0 Å². The van der Waals surface area contributed by atoms with Crippen LogP contribution in [0.4, 0.5) is 5.69 Å². The van der Waals surface area contributed by atoms with Gasteiger partial charge in [0.05, 0.1) is 12.8 Å². The second kappa shape index (κ2) is 8.63. The van der Waals surface area contributed by atoms with Crippen LogP contribution in [-0.4, -0.2) is 24.6 Å². The van der Waals surface area contributed by atoms with Gasteiger partial charge in [0.25, 0.3) is 0 Å². The number of benzene rings is 2. The minimum atomic E-state index is -0.833.